The normalized spacial score (nSPS) is 11.7. The zero-order chi connectivity index (χ0) is 21.8. The number of hydrogen-bond acceptors (Lipinski definition) is 3. The number of hydrogen-bond donors (Lipinski definition) is 2. The predicted molar refractivity (Wildman–Crippen MR) is 126 cm³/mol. The van der Waals surface area contributed by atoms with Crippen molar-refractivity contribution in [3.63, 3.8) is 0 Å². The Morgan fingerprint density at radius 2 is 1.55 bits per heavy atom. The molecule has 1 atom stereocenters. The van der Waals surface area contributed by atoms with Crippen molar-refractivity contribution in [2.24, 2.45) is 0 Å². The second-order valence-corrected chi connectivity index (χ2v) is 7.58. The smallest absolute Gasteiger partial charge is 0.192 e. The summed E-state index contributed by atoms with van der Waals surface area (Å²) >= 11 is 0. The number of ketones is 1. The van der Waals surface area contributed by atoms with Gasteiger partial charge in [-0.2, -0.15) is 0 Å². The van der Waals surface area contributed by atoms with E-state index in [1.54, 1.807) is 7.11 Å². The second kappa shape index (κ2) is 8.92. The Labute approximate surface area is 182 Å². The summed E-state index contributed by atoms with van der Waals surface area (Å²) < 4.78 is 5.36. The van der Waals surface area contributed by atoms with Gasteiger partial charge in [0.2, 0.25) is 0 Å². The molecule has 156 valence electrons. The minimum absolute atomic E-state index is 0.0229. The van der Waals surface area contributed by atoms with Gasteiger partial charge in [0.15, 0.2) is 5.78 Å². The van der Waals surface area contributed by atoms with Gasteiger partial charge in [0.1, 0.15) is 11.8 Å². The number of anilines is 1. The van der Waals surface area contributed by atoms with Crippen LogP contribution in [0.1, 0.15) is 33.4 Å². The fourth-order valence-corrected chi connectivity index (χ4v) is 4.02. The van der Waals surface area contributed by atoms with Gasteiger partial charge in [-0.15, -0.1) is 0 Å². The largest absolute Gasteiger partial charge is 0.497 e. The van der Waals surface area contributed by atoms with Crippen molar-refractivity contribution in [2.45, 2.75) is 19.9 Å². The van der Waals surface area contributed by atoms with Gasteiger partial charge in [-0.25, -0.2) is 0 Å². The Kier molecular flexibility index (Phi) is 5.89. The van der Waals surface area contributed by atoms with E-state index in [2.05, 4.69) is 10.3 Å². The lowest BCUT2D eigenvalue weighted by Crippen LogP contribution is -2.22. The summed E-state index contributed by atoms with van der Waals surface area (Å²) in [6, 6.07) is 27.0. The standard InChI is InChI=1S/C27H26N2O2/c1-18-24(20-11-6-4-7-12-20)25(19(2)28-18)27(30)26(21-13-8-5-9-14-21)29-22-15-10-16-23(17-22)31-3/h4-17,26,28-29H,1-3H3. The first kappa shape index (κ1) is 20.5. The Balaban J connectivity index is 1.80. The molecule has 1 unspecified atom stereocenters. The number of carbonyl (C=O) groups is 1. The van der Waals surface area contributed by atoms with Gasteiger partial charge in [-0.1, -0.05) is 66.7 Å². The predicted octanol–water partition coefficient (Wildman–Crippen LogP) is 6.34. The summed E-state index contributed by atoms with van der Waals surface area (Å²) in [5, 5.41) is 3.44. The molecule has 0 bridgehead atoms. The molecular weight excluding hydrogens is 384 g/mol. The number of aryl methyl sites for hydroxylation is 2. The maximum Gasteiger partial charge on any atom is 0.192 e. The molecule has 4 aromatic rings. The topological polar surface area (TPSA) is 54.1 Å². The molecule has 4 rings (SSSR count). The van der Waals surface area contributed by atoms with E-state index in [-0.39, 0.29) is 5.78 Å². The Hall–Kier alpha value is -3.79. The first-order valence-electron chi connectivity index (χ1n) is 10.3. The summed E-state index contributed by atoms with van der Waals surface area (Å²) in [5.41, 5.74) is 6.29. The van der Waals surface area contributed by atoms with Crippen molar-refractivity contribution in [3.8, 4) is 16.9 Å². The van der Waals surface area contributed by atoms with Gasteiger partial charge in [-0.05, 0) is 37.1 Å². The van der Waals surface area contributed by atoms with Gasteiger partial charge in [0.25, 0.3) is 0 Å². The number of methoxy groups -OCH3 is 1. The van der Waals surface area contributed by atoms with Crippen molar-refractivity contribution in [1.82, 2.24) is 4.98 Å². The van der Waals surface area contributed by atoms with E-state index in [4.69, 9.17) is 4.74 Å². The van der Waals surface area contributed by atoms with E-state index in [0.717, 1.165) is 39.5 Å². The molecule has 0 fully saturated rings. The molecular formula is C27H26N2O2. The SMILES string of the molecule is COc1cccc(NC(C(=O)c2c(C)[nH]c(C)c2-c2ccccc2)c2ccccc2)c1. The number of rotatable bonds is 7. The van der Waals surface area contributed by atoms with Crippen LogP contribution in [0.25, 0.3) is 11.1 Å². The molecule has 4 nitrogen and oxygen atoms in total. The molecule has 0 aliphatic heterocycles. The number of aromatic amines is 1. The maximum atomic E-state index is 14.0. The minimum atomic E-state index is -0.537. The molecule has 31 heavy (non-hydrogen) atoms. The van der Waals surface area contributed by atoms with Crippen LogP contribution >= 0.6 is 0 Å². The number of ether oxygens (including phenoxy) is 1. The third-order valence-electron chi connectivity index (χ3n) is 5.46. The quantitative estimate of drug-likeness (QED) is 0.349. The Morgan fingerprint density at radius 1 is 0.871 bits per heavy atom. The van der Waals surface area contributed by atoms with Crippen molar-refractivity contribution in [3.05, 3.63) is 107 Å². The van der Waals surface area contributed by atoms with Gasteiger partial charge >= 0.3 is 0 Å². The third kappa shape index (κ3) is 4.24. The summed E-state index contributed by atoms with van der Waals surface area (Å²) in [6.45, 7) is 3.97. The molecule has 0 amide bonds. The number of Topliss-reactive ketones (excluding diaryl/α,β-unsaturated/α-hetero) is 1. The highest BCUT2D eigenvalue weighted by atomic mass is 16.5. The molecule has 2 N–H and O–H groups in total. The highest BCUT2D eigenvalue weighted by Gasteiger charge is 2.28. The van der Waals surface area contributed by atoms with E-state index >= 15 is 0 Å². The molecule has 3 aromatic carbocycles. The average Bonchev–Trinajstić information content (AvgIpc) is 3.11. The van der Waals surface area contributed by atoms with E-state index in [1.165, 1.54) is 0 Å². The number of aromatic nitrogens is 1. The first-order valence-corrected chi connectivity index (χ1v) is 10.3. The molecule has 0 aliphatic carbocycles. The minimum Gasteiger partial charge on any atom is -0.497 e. The first-order chi connectivity index (χ1) is 15.1. The highest BCUT2D eigenvalue weighted by molar-refractivity contribution is 6.08. The van der Waals surface area contributed by atoms with E-state index in [1.807, 2.05) is 98.8 Å². The highest BCUT2D eigenvalue weighted by Crippen LogP contribution is 2.34. The van der Waals surface area contributed by atoms with Crippen LogP contribution in [-0.4, -0.2) is 17.9 Å². The van der Waals surface area contributed by atoms with Crippen molar-refractivity contribution >= 4 is 11.5 Å². The Bertz CT molecular complexity index is 1180. The fourth-order valence-electron chi connectivity index (χ4n) is 4.02. The zero-order valence-corrected chi connectivity index (χ0v) is 18.0. The van der Waals surface area contributed by atoms with Crippen LogP contribution in [0.4, 0.5) is 5.69 Å². The molecule has 0 saturated heterocycles. The molecule has 0 spiro atoms. The number of H-pyrrole nitrogens is 1. The Morgan fingerprint density at radius 3 is 2.23 bits per heavy atom. The van der Waals surface area contributed by atoms with Crippen molar-refractivity contribution in [1.29, 1.82) is 0 Å². The van der Waals surface area contributed by atoms with Crippen LogP contribution in [0.5, 0.6) is 5.75 Å². The summed E-state index contributed by atoms with van der Waals surface area (Å²) in [6.07, 6.45) is 0. The molecule has 1 heterocycles. The molecule has 4 heteroatoms. The lowest BCUT2D eigenvalue weighted by atomic mass is 9.91. The van der Waals surface area contributed by atoms with Crippen molar-refractivity contribution in [2.75, 3.05) is 12.4 Å². The lowest BCUT2D eigenvalue weighted by molar-refractivity contribution is 0.0969. The summed E-state index contributed by atoms with van der Waals surface area (Å²) in [5.74, 6) is 0.762. The molecule has 0 aliphatic rings. The number of nitrogens with one attached hydrogen (secondary N) is 2. The van der Waals surface area contributed by atoms with E-state index in [9.17, 15) is 4.79 Å². The molecule has 1 aromatic heterocycles. The van der Waals surface area contributed by atoms with E-state index in [0.29, 0.717) is 5.56 Å². The van der Waals surface area contributed by atoms with Gasteiger partial charge in [0.05, 0.1) is 7.11 Å². The second-order valence-electron chi connectivity index (χ2n) is 7.58. The lowest BCUT2D eigenvalue weighted by Gasteiger charge is -2.21. The fraction of sp³-hybridized carbons (Fsp3) is 0.148. The summed E-state index contributed by atoms with van der Waals surface area (Å²) in [7, 11) is 1.64. The van der Waals surface area contributed by atoms with Gasteiger partial charge in [-0.3, -0.25) is 4.79 Å². The van der Waals surface area contributed by atoms with Gasteiger partial charge in [0, 0.05) is 34.3 Å². The maximum absolute atomic E-state index is 14.0. The number of benzene rings is 3. The van der Waals surface area contributed by atoms with Crippen LogP contribution in [0, 0.1) is 13.8 Å². The van der Waals surface area contributed by atoms with E-state index < -0.39 is 6.04 Å². The van der Waals surface area contributed by atoms with Crippen LogP contribution in [0.3, 0.4) is 0 Å². The summed E-state index contributed by atoms with van der Waals surface area (Å²) in [4.78, 5) is 17.4. The average molecular weight is 411 g/mol. The molecule has 0 radical (unpaired) electrons. The number of carbonyl (C=O) groups excluding carboxylic acids is 1. The van der Waals surface area contributed by atoms with Gasteiger partial charge < -0.3 is 15.0 Å². The third-order valence-corrected chi connectivity index (χ3v) is 5.46. The van der Waals surface area contributed by atoms with Crippen LogP contribution in [-0.2, 0) is 0 Å². The van der Waals surface area contributed by atoms with Crippen LogP contribution in [0.2, 0.25) is 0 Å². The van der Waals surface area contributed by atoms with Crippen LogP contribution in [0.15, 0.2) is 84.9 Å². The van der Waals surface area contributed by atoms with Crippen molar-refractivity contribution < 1.29 is 9.53 Å². The monoisotopic (exact) mass is 410 g/mol. The van der Waals surface area contributed by atoms with Crippen LogP contribution < -0.4 is 10.1 Å². The zero-order valence-electron chi connectivity index (χ0n) is 18.0. The molecule has 0 saturated carbocycles.